The summed E-state index contributed by atoms with van der Waals surface area (Å²) in [5.74, 6) is -12.9. The lowest BCUT2D eigenvalue weighted by atomic mass is 9.94. The van der Waals surface area contributed by atoms with Gasteiger partial charge >= 0.3 is 23.2 Å². The maximum atomic E-state index is 15.1. The molecule has 160 valence electrons. The Morgan fingerprint density at radius 1 is 1.00 bits per heavy atom. The standard InChI is InChI=1S/C20H14ClF6NO2/c1-2-30-17(29)14-13-10-6-7-11-28(13)16(12-8-4-3-5-9-12)15(14)18(22,23)19(24,25)20(21,26)27/h3-11H,2H2,1H3. The van der Waals surface area contributed by atoms with Gasteiger partial charge < -0.3 is 9.14 Å². The number of nitrogens with zero attached hydrogens (tertiary/aromatic N) is 1. The number of fused-ring (bicyclic) bond motifs is 1. The van der Waals surface area contributed by atoms with Crippen molar-refractivity contribution in [3.8, 4) is 11.3 Å². The van der Waals surface area contributed by atoms with Crippen LogP contribution >= 0.6 is 11.6 Å². The van der Waals surface area contributed by atoms with Crippen LogP contribution < -0.4 is 0 Å². The van der Waals surface area contributed by atoms with E-state index in [1.54, 1.807) is 6.07 Å². The Morgan fingerprint density at radius 2 is 1.60 bits per heavy atom. The largest absolute Gasteiger partial charge is 0.462 e. The molecule has 3 aromatic rings. The predicted octanol–water partition coefficient (Wildman–Crippen LogP) is 6.34. The molecule has 0 spiro atoms. The Labute approximate surface area is 171 Å². The lowest BCUT2D eigenvalue weighted by molar-refractivity contribution is -0.286. The smallest absolute Gasteiger partial charge is 0.390 e. The zero-order valence-corrected chi connectivity index (χ0v) is 16.1. The second-order valence-corrected chi connectivity index (χ2v) is 6.76. The lowest BCUT2D eigenvalue weighted by Gasteiger charge is -2.30. The van der Waals surface area contributed by atoms with E-state index in [0.717, 1.165) is 4.40 Å². The fourth-order valence-electron chi connectivity index (χ4n) is 3.14. The number of pyridine rings is 1. The summed E-state index contributed by atoms with van der Waals surface area (Å²) in [6, 6.07) is 11.1. The number of aromatic nitrogens is 1. The van der Waals surface area contributed by atoms with Crippen LogP contribution in [-0.4, -0.2) is 28.3 Å². The highest BCUT2D eigenvalue weighted by Gasteiger charge is 2.73. The number of esters is 1. The number of ether oxygens (including phenoxy) is 1. The molecule has 0 bridgehead atoms. The summed E-state index contributed by atoms with van der Waals surface area (Å²) >= 11 is 4.36. The van der Waals surface area contributed by atoms with Gasteiger partial charge in [0.05, 0.1) is 28.9 Å². The highest BCUT2D eigenvalue weighted by molar-refractivity contribution is 6.22. The third kappa shape index (κ3) is 3.30. The molecule has 2 aromatic heterocycles. The maximum absolute atomic E-state index is 15.1. The van der Waals surface area contributed by atoms with Crippen LogP contribution in [-0.2, 0) is 10.7 Å². The second-order valence-electron chi connectivity index (χ2n) is 6.29. The van der Waals surface area contributed by atoms with Gasteiger partial charge in [-0.1, -0.05) is 36.4 Å². The van der Waals surface area contributed by atoms with Crippen molar-refractivity contribution in [1.82, 2.24) is 4.40 Å². The van der Waals surface area contributed by atoms with Crippen LogP contribution in [0.15, 0.2) is 54.7 Å². The van der Waals surface area contributed by atoms with Crippen LogP contribution in [0.5, 0.6) is 0 Å². The Bertz CT molecular complexity index is 1080. The van der Waals surface area contributed by atoms with Crippen molar-refractivity contribution >= 4 is 23.1 Å². The summed E-state index contributed by atoms with van der Waals surface area (Å²) in [5.41, 5.74) is -3.30. The third-order valence-electron chi connectivity index (χ3n) is 4.43. The minimum Gasteiger partial charge on any atom is -0.462 e. The van der Waals surface area contributed by atoms with Crippen LogP contribution in [0.2, 0.25) is 0 Å². The number of hydrogen-bond acceptors (Lipinski definition) is 2. The van der Waals surface area contributed by atoms with Gasteiger partial charge in [0.25, 0.3) is 0 Å². The molecule has 1 aromatic carbocycles. The topological polar surface area (TPSA) is 30.7 Å². The van der Waals surface area contributed by atoms with Crippen molar-refractivity contribution in [3.05, 3.63) is 65.9 Å². The summed E-state index contributed by atoms with van der Waals surface area (Å²) in [6.07, 6.45) is 1.25. The molecule has 0 aliphatic carbocycles. The Balaban J connectivity index is 2.50. The molecule has 0 fully saturated rings. The quantitative estimate of drug-likeness (QED) is 0.250. The number of halogens is 7. The van der Waals surface area contributed by atoms with Crippen molar-refractivity contribution in [2.45, 2.75) is 24.2 Å². The van der Waals surface area contributed by atoms with E-state index in [1.165, 1.54) is 55.6 Å². The van der Waals surface area contributed by atoms with E-state index in [9.17, 15) is 22.4 Å². The van der Waals surface area contributed by atoms with Crippen molar-refractivity contribution < 1.29 is 35.9 Å². The molecule has 0 atom stereocenters. The zero-order chi connectivity index (χ0) is 22.3. The van der Waals surface area contributed by atoms with E-state index in [-0.39, 0.29) is 17.7 Å². The Kier molecular flexibility index (Phi) is 5.53. The maximum Gasteiger partial charge on any atom is 0.390 e. The van der Waals surface area contributed by atoms with E-state index in [2.05, 4.69) is 11.6 Å². The number of alkyl halides is 7. The van der Waals surface area contributed by atoms with Gasteiger partial charge in [0.2, 0.25) is 0 Å². The average molecular weight is 450 g/mol. The molecule has 0 amide bonds. The summed E-state index contributed by atoms with van der Waals surface area (Å²) in [4.78, 5) is 12.5. The lowest BCUT2D eigenvalue weighted by Crippen LogP contribution is -2.50. The van der Waals surface area contributed by atoms with E-state index < -0.39 is 40.0 Å². The number of carbonyl (C=O) groups is 1. The van der Waals surface area contributed by atoms with Gasteiger partial charge in [0.15, 0.2) is 0 Å². The highest BCUT2D eigenvalue weighted by atomic mass is 35.5. The van der Waals surface area contributed by atoms with Crippen LogP contribution in [0.1, 0.15) is 22.8 Å². The normalized spacial score (nSPS) is 12.9. The molecule has 0 aliphatic heterocycles. The van der Waals surface area contributed by atoms with E-state index in [1.807, 2.05) is 0 Å². The van der Waals surface area contributed by atoms with Crippen molar-refractivity contribution in [2.24, 2.45) is 0 Å². The molecule has 30 heavy (non-hydrogen) atoms. The summed E-state index contributed by atoms with van der Waals surface area (Å²) < 4.78 is 91.3. The first-order valence-electron chi connectivity index (χ1n) is 8.63. The first-order valence-corrected chi connectivity index (χ1v) is 9.01. The fraction of sp³-hybridized carbons (Fsp3) is 0.250. The van der Waals surface area contributed by atoms with Crippen LogP contribution in [0.25, 0.3) is 16.8 Å². The number of benzene rings is 1. The molecule has 0 saturated carbocycles. The first-order chi connectivity index (χ1) is 13.9. The van der Waals surface area contributed by atoms with Gasteiger partial charge in [-0.05, 0) is 36.2 Å². The van der Waals surface area contributed by atoms with Gasteiger partial charge in [0.1, 0.15) is 0 Å². The molecule has 3 rings (SSSR count). The van der Waals surface area contributed by atoms with Gasteiger partial charge in [-0.25, -0.2) is 4.79 Å². The summed E-state index contributed by atoms with van der Waals surface area (Å²) in [6.45, 7) is 1.13. The van der Waals surface area contributed by atoms with Crippen molar-refractivity contribution in [2.75, 3.05) is 6.61 Å². The first kappa shape index (κ1) is 22.0. The number of hydrogen-bond donors (Lipinski definition) is 0. The SMILES string of the molecule is CCOC(=O)c1c(C(F)(F)C(F)(F)C(F)(F)Cl)c(-c2ccccc2)n2ccccc12. The molecule has 0 aliphatic rings. The summed E-state index contributed by atoms with van der Waals surface area (Å²) in [7, 11) is 0. The predicted molar refractivity (Wildman–Crippen MR) is 98.4 cm³/mol. The number of rotatable bonds is 6. The third-order valence-corrected chi connectivity index (χ3v) is 4.67. The minimum absolute atomic E-state index is 0.00221. The fourth-order valence-corrected chi connectivity index (χ4v) is 3.26. The zero-order valence-electron chi connectivity index (χ0n) is 15.3. The second kappa shape index (κ2) is 7.54. The molecule has 3 nitrogen and oxygen atoms in total. The molecule has 10 heteroatoms. The molecular formula is C20H14ClF6NO2. The minimum atomic E-state index is -6.02. The Morgan fingerprint density at radius 3 is 2.17 bits per heavy atom. The highest BCUT2D eigenvalue weighted by Crippen LogP contribution is 2.56. The van der Waals surface area contributed by atoms with Gasteiger partial charge in [0, 0.05) is 6.20 Å². The van der Waals surface area contributed by atoms with Crippen LogP contribution in [0.3, 0.4) is 0 Å². The molecule has 0 N–H and O–H groups in total. The van der Waals surface area contributed by atoms with E-state index in [0.29, 0.717) is 0 Å². The van der Waals surface area contributed by atoms with E-state index in [4.69, 9.17) is 4.74 Å². The van der Waals surface area contributed by atoms with Gasteiger partial charge in [-0.3, -0.25) is 0 Å². The van der Waals surface area contributed by atoms with E-state index >= 15 is 8.78 Å². The monoisotopic (exact) mass is 449 g/mol. The molecular weight excluding hydrogens is 436 g/mol. The molecule has 2 heterocycles. The van der Waals surface area contributed by atoms with Gasteiger partial charge in [-0.2, -0.15) is 26.3 Å². The van der Waals surface area contributed by atoms with Crippen LogP contribution in [0.4, 0.5) is 26.3 Å². The summed E-state index contributed by atoms with van der Waals surface area (Å²) in [5, 5.41) is -5.59. The number of carbonyl (C=O) groups excluding carboxylic acids is 1. The Hall–Kier alpha value is -2.68. The molecule has 0 saturated heterocycles. The average Bonchev–Trinajstić information content (AvgIpc) is 3.04. The van der Waals surface area contributed by atoms with Crippen molar-refractivity contribution in [3.63, 3.8) is 0 Å². The molecule has 0 unspecified atom stereocenters. The van der Waals surface area contributed by atoms with Crippen LogP contribution in [0, 0.1) is 0 Å². The van der Waals surface area contributed by atoms with Crippen molar-refractivity contribution in [1.29, 1.82) is 0 Å². The molecule has 0 radical (unpaired) electrons. The van der Waals surface area contributed by atoms with Gasteiger partial charge in [-0.15, -0.1) is 0 Å².